The Balaban J connectivity index is 2.09. The molecule has 2 aromatic heterocycles. The summed E-state index contributed by atoms with van der Waals surface area (Å²) in [5, 5.41) is 4.71. The molecule has 0 spiro atoms. The molecule has 0 atom stereocenters. The summed E-state index contributed by atoms with van der Waals surface area (Å²) in [5.74, 6) is -0.274. The Morgan fingerprint density at radius 3 is 3.00 bits per heavy atom. The van der Waals surface area contributed by atoms with Crippen molar-refractivity contribution in [2.75, 3.05) is 7.11 Å². The molecule has 1 aromatic carbocycles. The zero-order valence-electron chi connectivity index (χ0n) is 8.92. The molecule has 3 aromatic rings. The largest absolute Gasteiger partial charge is 0.472 e. The van der Waals surface area contributed by atoms with Crippen molar-refractivity contribution >= 4 is 16.3 Å². The molecule has 86 valence electrons. The molecule has 4 nitrogen and oxygen atoms in total. The first-order valence-corrected chi connectivity index (χ1v) is 5.74. The predicted octanol–water partition coefficient (Wildman–Crippen LogP) is 2.61. The molecule has 0 aliphatic heterocycles. The second-order valence-corrected chi connectivity index (χ2v) is 4.35. The summed E-state index contributed by atoms with van der Waals surface area (Å²) in [7, 11) is 1.56. The Labute approximate surface area is 100 Å². The molecule has 0 N–H and O–H groups in total. The van der Waals surface area contributed by atoms with Crippen molar-refractivity contribution in [2.45, 2.75) is 0 Å². The molecule has 0 unspecified atom stereocenters. The van der Waals surface area contributed by atoms with Crippen molar-refractivity contribution in [1.29, 1.82) is 0 Å². The summed E-state index contributed by atoms with van der Waals surface area (Å²) < 4.78 is 19.7. The van der Waals surface area contributed by atoms with Crippen LogP contribution in [0.2, 0.25) is 0 Å². The maximum Gasteiger partial charge on any atom is 0.294 e. The van der Waals surface area contributed by atoms with E-state index in [1.54, 1.807) is 23.9 Å². The van der Waals surface area contributed by atoms with Crippen LogP contribution in [0.4, 0.5) is 4.39 Å². The number of rotatable bonds is 2. The quantitative estimate of drug-likeness (QED) is 0.700. The first-order chi connectivity index (χ1) is 8.26. The smallest absolute Gasteiger partial charge is 0.294 e. The zero-order chi connectivity index (χ0) is 11.8. The van der Waals surface area contributed by atoms with Crippen molar-refractivity contribution in [3.63, 3.8) is 0 Å². The molecule has 0 aliphatic carbocycles. The normalized spacial score (nSPS) is 10.9. The summed E-state index contributed by atoms with van der Waals surface area (Å²) in [6.07, 6.45) is 1.75. The van der Waals surface area contributed by atoms with Crippen LogP contribution >= 0.6 is 11.3 Å². The van der Waals surface area contributed by atoms with E-state index in [0.29, 0.717) is 10.9 Å². The van der Waals surface area contributed by atoms with E-state index in [4.69, 9.17) is 4.74 Å². The fourth-order valence-corrected chi connectivity index (χ4v) is 2.25. The average molecular weight is 249 g/mol. The lowest BCUT2D eigenvalue weighted by molar-refractivity contribution is 0.405. The lowest BCUT2D eigenvalue weighted by Gasteiger charge is -1.95. The Hall–Kier alpha value is -1.95. The first-order valence-electron chi connectivity index (χ1n) is 4.92. The highest BCUT2D eigenvalue weighted by Crippen LogP contribution is 2.25. The first kappa shape index (κ1) is 10.2. The zero-order valence-corrected chi connectivity index (χ0v) is 9.74. The lowest BCUT2D eigenvalue weighted by atomic mass is 10.2. The van der Waals surface area contributed by atoms with Crippen LogP contribution in [0.15, 0.2) is 30.5 Å². The van der Waals surface area contributed by atoms with Gasteiger partial charge in [-0.05, 0) is 23.5 Å². The van der Waals surface area contributed by atoms with Gasteiger partial charge < -0.3 is 4.74 Å². The molecule has 0 saturated heterocycles. The highest BCUT2D eigenvalue weighted by atomic mass is 32.1. The van der Waals surface area contributed by atoms with E-state index in [2.05, 4.69) is 10.1 Å². The van der Waals surface area contributed by atoms with Gasteiger partial charge in [0.15, 0.2) is 0 Å². The van der Waals surface area contributed by atoms with Crippen LogP contribution in [0.25, 0.3) is 16.2 Å². The monoisotopic (exact) mass is 249 g/mol. The molecular formula is C11H8FN3OS. The minimum absolute atomic E-state index is 0.274. The van der Waals surface area contributed by atoms with Gasteiger partial charge in [-0.3, -0.25) is 0 Å². The van der Waals surface area contributed by atoms with Gasteiger partial charge in [0.05, 0.1) is 19.0 Å². The molecule has 0 fully saturated rings. The standard InChI is InChI=1S/C11H8FN3OS/c1-16-11-14-15-6-9(13-10(15)17-11)7-3-2-4-8(12)5-7/h2-6H,1H3. The molecule has 3 rings (SSSR count). The summed E-state index contributed by atoms with van der Waals surface area (Å²) in [5.41, 5.74) is 1.44. The summed E-state index contributed by atoms with van der Waals surface area (Å²) in [6, 6.07) is 6.33. The summed E-state index contributed by atoms with van der Waals surface area (Å²) in [4.78, 5) is 5.09. The molecule has 0 bridgehead atoms. The van der Waals surface area contributed by atoms with Crippen molar-refractivity contribution in [3.05, 3.63) is 36.3 Å². The number of fused-ring (bicyclic) bond motifs is 1. The second kappa shape index (κ2) is 3.81. The van der Waals surface area contributed by atoms with Crippen molar-refractivity contribution < 1.29 is 9.13 Å². The highest BCUT2D eigenvalue weighted by molar-refractivity contribution is 7.18. The SMILES string of the molecule is COc1nn2cc(-c3cccc(F)c3)nc2s1. The van der Waals surface area contributed by atoms with Crippen LogP contribution in [-0.2, 0) is 0 Å². The molecule has 0 aliphatic rings. The fraction of sp³-hybridized carbons (Fsp3) is 0.0909. The number of hydrogen-bond acceptors (Lipinski definition) is 4. The van der Waals surface area contributed by atoms with Crippen molar-refractivity contribution in [3.8, 4) is 16.5 Å². The second-order valence-electron chi connectivity index (χ2n) is 3.44. The van der Waals surface area contributed by atoms with Crippen LogP contribution in [0.5, 0.6) is 5.19 Å². The molecule has 0 saturated carbocycles. The molecule has 6 heteroatoms. The van der Waals surface area contributed by atoms with Gasteiger partial charge in [0.25, 0.3) is 5.19 Å². The molecule has 0 amide bonds. The number of ether oxygens (including phenoxy) is 1. The molecule has 17 heavy (non-hydrogen) atoms. The van der Waals surface area contributed by atoms with Gasteiger partial charge in [0, 0.05) is 5.56 Å². The number of hydrogen-bond donors (Lipinski definition) is 0. The van der Waals surface area contributed by atoms with Gasteiger partial charge >= 0.3 is 0 Å². The maximum atomic E-state index is 13.1. The van der Waals surface area contributed by atoms with Gasteiger partial charge in [0.2, 0.25) is 4.96 Å². The van der Waals surface area contributed by atoms with E-state index in [-0.39, 0.29) is 5.82 Å². The summed E-state index contributed by atoms with van der Waals surface area (Å²) in [6.45, 7) is 0. The summed E-state index contributed by atoms with van der Waals surface area (Å²) >= 11 is 1.34. The van der Waals surface area contributed by atoms with E-state index < -0.39 is 0 Å². The van der Waals surface area contributed by atoms with Crippen LogP contribution < -0.4 is 4.74 Å². The van der Waals surface area contributed by atoms with Gasteiger partial charge in [-0.1, -0.05) is 12.1 Å². The maximum absolute atomic E-state index is 13.1. The lowest BCUT2D eigenvalue weighted by Crippen LogP contribution is -1.84. The molecular weight excluding hydrogens is 241 g/mol. The number of aromatic nitrogens is 3. The third-order valence-corrected chi connectivity index (χ3v) is 3.20. The average Bonchev–Trinajstić information content (AvgIpc) is 2.86. The number of benzene rings is 1. The van der Waals surface area contributed by atoms with Gasteiger partial charge in [-0.25, -0.2) is 13.9 Å². The Bertz CT molecular complexity index is 645. The molecule has 0 radical (unpaired) electrons. The number of nitrogens with zero attached hydrogens (tertiary/aromatic N) is 3. The van der Waals surface area contributed by atoms with Gasteiger partial charge in [-0.2, -0.15) is 0 Å². The molecule has 2 heterocycles. The van der Waals surface area contributed by atoms with E-state index in [0.717, 1.165) is 10.5 Å². The highest BCUT2D eigenvalue weighted by Gasteiger charge is 2.09. The van der Waals surface area contributed by atoms with Gasteiger partial charge in [-0.15, -0.1) is 5.10 Å². The fourth-order valence-electron chi connectivity index (χ4n) is 1.55. The van der Waals surface area contributed by atoms with Crippen LogP contribution in [0.1, 0.15) is 0 Å². The van der Waals surface area contributed by atoms with Gasteiger partial charge in [0.1, 0.15) is 5.82 Å². The van der Waals surface area contributed by atoms with Crippen LogP contribution in [-0.4, -0.2) is 21.7 Å². The van der Waals surface area contributed by atoms with E-state index in [1.807, 2.05) is 6.07 Å². The van der Waals surface area contributed by atoms with Crippen molar-refractivity contribution in [2.24, 2.45) is 0 Å². The third-order valence-electron chi connectivity index (χ3n) is 2.32. The number of imidazole rings is 1. The third kappa shape index (κ3) is 1.76. The number of halogens is 1. The van der Waals surface area contributed by atoms with Crippen molar-refractivity contribution in [1.82, 2.24) is 14.6 Å². The van der Waals surface area contributed by atoms with E-state index >= 15 is 0 Å². The van der Waals surface area contributed by atoms with Crippen LogP contribution in [0.3, 0.4) is 0 Å². The van der Waals surface area contributed by atoms with Crippen LogP contribution in [0, 0.1) is 5.82 Å². The predicted molar refractivity (Wildman–Crippen MR) is 62.8 cm³/mol. The van der Waals surface area contributed by atoms with E-state index in [9.17, 15) is 4.39 Å². The minimum Gasteiger partial charge on any atom is -0.472 e. The Morgan fingerprint density at radius 2 is 2.29 bits per heavy atom. The minimum atomic E-state index is -0.274. The topological polar surface area (TPSA) is 39.4 Å². The Kier molecular flexibility index (Phi) is 2.29. The Morgan fingerprint density at radius 1 is 1.41 bits per heavy atom. The number of methoxy groups -OCH3 is 1. The van der Waals surface area contributed by atoms with E-state index in [1.165, 1.54) is 23.5 Å².